The Balaban J connectivity index is 2.71. The Morgan fingerprint density at radius 3 is 2.12 bits per heavy atom. The largest absolute Gasteiger partial charge is 0.343 e. The Morgan fingerprint density at radius 2 is 1.75 bits per heavy atom. The van der Waals surface area contributed by atoms with Crippen LogP contribution < -0.4 is 0 Å². The molecule has 0 atom stereocenters. The SMILES string of the molecule is CC(C)OC(OC(C)C)C(=O)c1cccs1. The molecule has 1 heterocycles. The third-order valence-corrected chi connectivity index (χ3v) is 2.65. The number of carbonyl (C=O) groups is 1. The lowest BCUT2D eigenvalue weighted by Crippen LogP contribution is -2.32. The van der Waals surface area contributed by atoms with E-state index in [2.05, 4.69) is 0 Å². The van der Waals surface area contributed by atoms with Crippen LogP contribution in [0.5, 0.6) is 0 Å². The number of ether oxygens (including phenoxy) is 2. The topological polar surface area (TPSA) is 35.5 Å². The van der Waals surface area contributed by atoms with Gasteiger partial charge >= 0.3 is 0 Å². The molecule has 0 saturated carbocycles. The van der Waals surface area contributed by atoms with Gasteiger partial charge in [0.2, 0.25) is 12.1 Å². The number of carbonyl (C=O) groups excluding carboxylic acids is 1. The minimum Gasteiger partial charge on any atom is -0.343 e. The maximum atomic E-state index is 12.0. The van der Waals surface area contributed by atoms with Gasteiger partial charge in [0.25, 0.3) is 0 Å². The molecule has 0 N–H and O–H groups in total. The molecule has 4 heteroatoms. The summed E-state index contributed by atoms with van der Waals surface area (Å²) in [6.45, 7) is 7.55. The molecule has 1 rings (SSSR count). The van der Waals surface area contributed by atoms with Crippen molar-refractivity contribution < 1.29 is 14.3 Å². The Morgan fingerprint density at radius 1 is 1.19 bits per heavy atom. The van der Waals surface area contributed by atoms with E-state index in [1.165, 1.54) is 11.3 Å². The molecular weight excluding hydrogens is 224 g/mol. The van der Waals surface area contributed by atoms with Gasteiger partial charge in [0.05, 0.1) is 17.1 Å². The standard InChI is InChI=1S/C12H18O3S/c1-8(2)14-12(15-9(3)4)11(13)10-6-5-7-16-10/h5-9,12H,1-4H3. The van der Waals surface area contributed by atoms with Crippen molar-refractivity contribution >= 4 is 17.1 Å². The monoisotopic (exact) mass is 242 g/mol. The van der Waals surface area contributed by atoms with E-state index >= 15 is 0 Å². The van der Waals surface area contributed by atoms with Gasteiger partial charge in [-0.05, 0) is 39.1 Å². The summed E-state index contributed by atoms with van der Waals surface area (Å²) in [6.07, 6.45) is -0.862. The molecule has 1 aromatic heterocycles. The fourth-order valence-corrected chi connectivity index (χ4v) is 1.86. The predicted molar refractivity (Wildman–Crippen MR) is 64.9 cm³/mol. The fourth-order valence-electron chi connectivity index (χ4n) is 1.18. The summed E-state index contributed by atoms with van der Waals surface area (Å²) in [6, 6.07) is 3.63. The average Bonchev–Trinajstić information content (AvgIpc) is 2.66. The van der Waals surface area contributed by atoms with Gasteiger partial charge in [-0.25, -0.2) is 0 Å². The minimum atomic E-state index is -0.793. The van der Waals surface area contributed by atoms with Gasteiger partial charge in [0.15, 0.2) is 0 Å². The normalized spacial score (nSPS) is 11.7. The molecule has 0 aliphatic rings. The Labute approximate surface area is 100 Å². The lowest BCUT2D eigenvalue weighted by molar-refractivity contribution is -0.152. The number of rotatable bonds is 6. The number of Topliss-reactive ketones (excluding diaryl/α,β-unsaturated/α-hetero) is 1. The number of thiophene rings is 1. The van der Waals surface area contributed by atoms with Crippen LogP contribution in [-0.2, 0) is 9.47 Å². The quantitative estimate of drug-likeness (QED) is 0.568. The molecule has 0 aliphatic carbocycles. The highest BCUT2D eigenvalue weighted by molar-refractivity contribution is 7.12. The van der Waals surface area contributed by atoms with Crippen LogP contribution >= 0.6 is 11.3 Å². The van der Waals surface area contributed by atoms with Crippen LogP contribution in [0.3, 0.4) is 0 Å². The molecule has 0 bridgehead atoms. The summed E-state index contributed by atoms with van der Waals surface area (Å²) in [5, 5.41) is 1.87. The predicted octanol–water partition coefficient (Wildman–Crippen LogP) is 3.11. The third-order valence-electron chi connectivity index (χ3n) is 1.77. The van der Waals surface area contributed by atoms with Crippen molar-refractivity contribution in [2.24, 2.45) is 0 Å². The van der Waals surface area contributed by atoms with Crippen molar-refractivity contribution in [2.45, 2.75) is 46.2 Å². The van der Waals surface area contributed by atoms with Crippen LogP contribution in [-0.4, -0.2) is 24.3 Å². The maximum Gasteiger partial charge on any atom is 0.228 e. The van der Waals surface area contributed by atoms with Crippen molar-refractivity contribution in [2.75, 3.05) is 0 Å². The third kappa shape index (κ3) is 4.04. The molecule has 16 heavy (non-hydrogen) atoms. The Kier molecular flexibility index (Phi) is 5.12. The van der Waals surface area contributed by atoms with Gasteiger partial charge < -0.3 is 9.47 Å². The molecule has 90 valence electrons. The Bertz CT molecular complexity index is 307. The van der Waals surface area contributed by atoms with E-state index in [0.29, 0.717) is 4.88 Å². The fraction of sp³-hybridized carbons (Fsp3) is 0.583. The van der Waals surface area contributed by atoms with Crippen LogP contribution in [0.4, 0.5) is 0 Å². The summed E-state index contributed by atoms with van der Waals surface area (Å²) in [5.41, 5.74) is 0. The van der Waals surface area contributed by atoms with Crippen LogP contribution in [0.25, 0.3) is 0 Å². The molecule has 0 amide bonds. The first-order valence-corrected chi connectivity index (χ1v) is 6.27. The first-order chi connectivity index (χ1) is 7.50. The van der Waals surface area contributed by atoms with E-state index in [9.17, 15) is 4.79 Å². The Hall–Kier alpha value is -0.710. The second-order valence-corrected chi connectivity index (χ2v) is 4.99. The van der Waals surface area contributed by atoms with Crippen molar-refractivity contribution in [1.29, 1.82) is 0 Å². The number of hydrogen-bond acceptors (Lipinski definition) is 4. The second kappa shape index (κ2) is 6.13. The minimum absolute atomic E-state index is 0.0346. The van der Waals surface area contributed by atoms with Gasteiger partial charge in [-0.15, -0.1) is 11.3 Å². The van der Waals surface area contributed by atoms with Crippen LogP contribution in [0, 0.1) is 0 Å². The van der Waals surface area contributed by atoms with Crippen molar-refractivity contribution in [3.05, 3.63) is 22.4 Å². The average molecular weight is 242 g/mol. The lowest BCUT2D eigenvalue weighted by atomic mass is 10.3. The zero-order valence-electron chi connectivity index (χ0n) is 10.1. The first kappa shape index (κ1) is 13.4. The summed E-state index contributed by atoms with van der Waals surface area (Å²) < 4.78 is 11.0. The number of hydrogen-bond donors (Lipinski definition) is 0. The highest BCUT2D eigenvalue weighted by Crippen LogP contribution is 2.16. The van der Waals surface area contributed by atoms with E-state index in [4.69, 9.17) is 9.47 Å². The zero-order valence-corrected chi connectivity index (χ0v) is 10.9. The molecule has 0 unspecified atom stereocenters. The highest BCUT2D eigenvalue weighted by Gasteiger charge is 2.24. The van der Waals surface area contributed by atoms with Crippen molar-refractivity contribution in [3.63, 3.8) is 0 Å². The van der Waals surface area contributed by atoms with E-state index in [-0.39, 0.29) is 18.0 Å². The highest BCUT2D eigenvalue weighted by atomic mass is 32.1. The molecule has 0 spiro atoms. The molecule has 0 radical (unpaired) electrons. The van der Waals surface area contributed by atoms with Gasteiger partial charge in [-0.3, -0.25) is 4.79 Å². The first-order valence-electron chi connectivity index (χ1n) is 5.39. The molecule has 0 saturated heterocycles. The van der Waals surface area contributed by atoms with Crippen molar-refractivity contribution in [3.8, 4) is 0 Å². The molecular formula is C12H18O3S. The zero-order chi connectivity index (χ0) is 12.1. The maximum absolute atomic E-state index is 12.0. The summed E-state index contributed by atoms with van der Waals surface area (Å²) >= 11 is 1.40. The van der Waals surface area contributed by atoms with Gasteiger partial charge in [-0.2, -0.15) is 0 Å². The van der Waals surface area contributed by atoms with Crippen LogP contribution in [0.15, 0.2) is 17.5 Å². The smallest absolute Gasteiger partial charge is 0.228 e. The van der Waals surface area contributed by atoms with Gasteiger partial charge in [-0.1, -0.05) is 6.07 Å². The molecule has 1 aromatic rings. The van der Waals surface area contributed by atoms with E-state index in [1.807, 2.05) is 39.1 Å². The van der Waals surface area contributed by atoms with Crippen molar-refractivity contribution in [1.82, 2.24) is 0 Å². The lowest BCUT2D eigenvalue weighted by Gasteiger charge is -2.21. The number of ketones is 1. The summed E-state index contributed by atoms with van der Waals surface area (Å²) in [7, 11) is 0. The molecule has 0 aliphatic heterocycles. The summed E-state index contributed by atoms with van der Waals surface area (Å²) in [4.78, 5) is 12.7. The molecule has 3 nitrogen and oxygen atoms in total. The molecule has 0 aromatic carbocycles. The van der Waals surface area contributed by atoms with Gasteiger partial charge in [0.1, 0.15) is 0 Å². The molecule has 0 fully saturated rings. The van der Waals surface area contributed by atoms with E-state index in [0.717, 1.165) is 0 Å². The van der Waals surface area contributed by atoms with E-state index in [1.54, 1.807) is 6.07 Å². The van der Waals surface area contributed by atoms with E-state index < -0.39 is 6.29 Å². The summed E-state index contributed by atoms with van der Waals surface area (Å²) in [5.74, 6) is -0.0996. The van der Waals surface area contributed by atoms with Crippen LogP contribution in [0.2, 0.25) is 0 Å². The van der Waals surface area contributed by atoms with Gasteiger partial charge in [0, 0.05) is 0 Å². The second-order valence-electron chi connectivity index (χ2n) is 4.04. The van der Waals surface area contributed by atoms with Crippen LogP contribution in [0.1, 0.15) is 37.4 Å².